The first-order valence-electron chi connectivity index (χ1n) is 8.05. The van der Waals surface area contributed by atoms with E-state index in [4.69, 9.17) is 0 Å². The van der Waals surface area contributed by atoms with Crippen molar-refractivity contribution in [3.05, 3.63) is 0 Å². The van der Waals surface area contributed by atoms with E-state index in [-0.39, 0.29) is 0 Å². The van der Waals surface area contributed by atoms with E-state index in [0.29, 0.717) is 17.4 Å². The van der Waals surface area contributed by atoms with Crippen LogP contribution in [0.1, 0.15) is 64.7 Å². The molecule has 0 spiro atoms. The van der Waals surface area contributed by atoms with E-state index < -0.39 is 9.84 Å². The average Bonchev–Trinajstić information content (AvgIpc) is 2.71. The Labute approximate surface area is 119 Å². The van der Waals surface area contributed by atoms with Crippen molar-refractivity contribution < 1.29 is 8.42 Å². The van der Waals surface area contributed by atoms with Crippen LogP contribution >= 0.6 is 0 Å². The fourth-order valence-electron chi connectivity index (χ4n) is 2.72. The van der Waals surface area contributed by atoms with Crippen LogP contribution in [0.25, 0.3) is 0 Å². The molecule has 1 heterocycles. The van der Waals surface area contributed by atoms with Gasteiger partial charge in [0.15, 0.2) is 9.84 Å². The topological polar surface area (TPSA) is 46.2 Å². The summed E-state index contributed by atoms with van der Waals surface area (Å²) in [5.74, 6) is 1.16. The number of nitrogens with one attached hydrogen (secondary N) is 1. The molecule has 0 aromatic rings. The molecule has 1 atom stereocenters. The Morgan fingerprint density at radius 1 is 1.00 bits per heavy atom. The average molecular weight is 289 g/mol. The highest BCUT2D eigenvalue weighted by molar-refractivity contribution is 7.91. The van der Waals surface area contributed by atoms with Gasteiger partial charge < -0.3 is 5.32 Å². The van der Waals surface area contributed by atoms with Gasteiger partial charge in [0.05, 0.1) is 11.5 Å². The third-order valence-corrected chi connectivity index (χ3v) is 5.80. The summed E-state index contributed by atoms with van der Waals surface area (Å²) in [6.07, 6.45) is 11.6. The lowest BCUT2D eigenvalue weighted by Gasteiger charge is -2.09. The Kier molecular flexibility index (Phi) is 8.71. The van der Waals surface area contributed by atoms with Crippen LogP contribution in [0.15, 0.2) is 0 Å². The summed E-state index contributed by atoms with van der Waals surface area (Å²) in [6.45, 7) is 4.18. The molecule has 1 rings (SSSR count). The van der Waals surface area contributed by atoms with Gasteiger partial charge in [0, 0.05) is 0 Å². The predicted molar refractivity (Wildman–Crippen MR) is 82.2 cm³/mol. The summed E-state index contributed by atoms with van der Waals surface area (Å²) in [5, 5.41) is 3.41. The maximum Gasteiger partial charge on any atom is 0.150 e. The highest BCUT2D eigenvalue weighted by Crippen LogP contribution is 2.17. The highest BCUT2D eigenvalue weighted by Gasteiger charge is 2.27. The predicted octanol–water partition coefficient (Wildman–Crippen LogP) is 3.15. The Hall–Kier alpha value is -0.0900. The van der Waals surface area contributed by atoms with Crippen LogP contribution in [0.2, 0.25) is 0 Å². The molecule has 0 aromatic heterocycles. The highest BCUT2D eigenvalue weighted by atomic mass is 32.2. The molecule has 0 radical (unpaired) electrons. The molecule has 1 N–H and O–H groups in total. The Morgan fingerprint density at radius 2 is 1.63 bits per heavy atom. The van der Waals surface area contributed by atoms with E-state index >= 15 is 0 Å². The van der Waals surface area contributed by atoms with E-state index in [0.717, 1.165) is 19.5 Å². The van der Waals surface area contributed by atoms with Crippen LogP contribution in [0.4, 0.5) is 0 Å². The SMILES string of the molecule is CCCCCCCCCCNCC1CCS(=O)(=O)C1. The zero-order valence-corrected chi connectivity index (χ0v) is 13.3. The van der Waals surface area contributed by atoms with Crippen LogP contribution in [-0.4, -0.2) is 33.0 Å². The molecule has 0 aromatic carbocycles. The lowest BCUT2D eigenvalue weighted by molar-refractivity contribution is 0.500. The summed E-state index contributed by atoms with van der Waals surface area (Å²) in [7, 11) is -2.70. The third-order valence-electron chi connectivity index (χ3n) is 3.97. The molecule has 19 heavy (non-hydrogen) atoms. The molecule has 114 valence electrons. The zero-order chi connectivity index (χ0) is 14.0. The quantitative estimate of drug-likeness (QED) is 0.594. The number of rotatable bonds is 11. The van der Waals surface area contributed by atoms with E-state index in [1.807, 2.05) is 0 Å². The van der Waals surface area contributed by atoms with E-state index in [1.165, 1.54) is 51.4 Å². The Bertz CT molecular complexity index is 314. The molecule has 1 aliphatic rings. The zero-order valence-electron chi connectivity index (χ0n) is 12.5. The van der Waals surface area contributed by atoms with Crippen LogP contribution in [0.3, 0.4) is 0 Å². The van der Waals surface area contributed by atoms with Crippen LogP contribution in [0, 0.1) is 5.92 Å². The fourth-order valence-corrected chi connectivity index (χ4v) is 4.58. The maximum absolute atomic E-state index is 11.3. The van der Waals surface area contributed by atoms with Crippen molar-refractivity contribution in [1.82, 2.24) is 5.32 Å². The molecule has 0 bridgehead atoms. The number of hydrogen-bond acceptors (Lipinski definition) is 3. The second-order valence-corrected chi connectivity index (χ2v) is 8.18. The first-order chi connectivity index (χ1) is 9.14. The molecule has 3 nitrogen and oxygen atoms in total. The minimum absolute atomic E-state index is 0.360. The molecule has 0 amide bonds. The van der Waals surface area contributed by atoms with E-state index in [9.17, 15) is 8.42 Å². The third kappa shape index (κ3) is 8.64. The van der Waals surface area contributed by atoms with Gasteiger partial charge in [-0.05, 0) is 31.8 Å². The van der Waals surface area contributed by atoms with Gasteiger partial charge in [-0.3, -0.25) is 0 Å². The Morgan fingerprint density at radius 3 is 2.21 bits per heavy atom. The van der Waals surface area contributed by atoms with Gasteiger partial charge in [0.1, 0.15) is 0 Å². The molecule has 1 unspecified atom stereocenters. The summed E-state index contributed by atoms with van der Waals surface area (Å²) >= 11 is 0. The van der Waals surface area contributed by atoms with E-state index in [1.54, 1.807) is 0 Å². The maximum atomic E-state index is 11.3. The van der Waals surface area contributed by atoms with Crippen molar-refractivity contribution in [3.63, 3.8) is 0 Å². The van der Waals surface area contributed by atoms with Crippen molar-refractivity contribution in [3.8, 4) is 0 Å². The van der Waals surface area contributed by atoms with Crippen molar-refractivity contribution >= 4 is 9.84 Å². The Balaban J connectivity index is 1.82. The largest absolute Gasteiger partial charge is 0.316 e. The molecule has 1 fully saturated rings. The first-order valence-corrected chi connectivity index (χ1v) is 9.87. The van der Waals surface area contributed by atoms with Crippen LogP contribution in [-0.2, 0) is 9.84 Å². The van der Waals surface area contributed by atoms with Crippen LogP contribution < -0.4 is 5.32 Å². The normalized spacial score (nSPS) is 21.8. The number of sulfone groups is 1. The second-order valence-electron chi connectivity index (χ2n) is 5.95. The standard InChI is InChI=1S/C15H31NO2S/c1-2-3-4-5-6-7-8-9-11-16-13-15-10-12-19(17,18)14-15/h15-16H,2-14H2,1H3. The van der Waals surface area contributed by atoms with Gasteiger partial charge in [-0.15, -0.1) is 0 Å². The summed E-state index contributed by atoms with van der Waals surface area (Å²) < 4.78 is 22.6. The molecular formula is C15H31NO2S. The molecule has 1 saturated heterocycles. The number of unbranched alkanes of at least 4 members (excludes halogenated alkanes) is 7. The lowest BCUT2D eigenvalue weighted by Crippen LogP contribution is -2.24. The van der Waals surface area contributed by atoms with Gasteiger partial charge in [-0.1, -0.05) is 51.9 Å². The van der Waals surface area contributed by atoms with Gasteiger partial charge in [-0.2, -0.15) is 0 Å². The smallest absolute Gasteiger partial charge is 0.150 e. The minimum atomic E-state index is -2.70. The van der Waals surface area contributed by atoms with Crippen molar-refractivity contribution in [1.29, 1.82) is 0 Å². The molecule has 1 aliphatic heterocycles. The van der Waals surface area contributed by atoms with Crippen LogP contribution in [0.5, 0.6) is 0 Å². The van der Waals surface area contributed by atoms with Gasteiger partial charge in [-0.25, -0.2) is 8.42 Å². The van der Waals surface area contributed by atoms with Crippen molar-refractivity contribution in [2.45, 2.75) is 64.7 Å². The van der Waals surface area contributed by atoms with Crippen molar-refractivity contribution in [2.75, 3.05) is 24.6 Å². The molecule has 0 saturated carbocycles. The second kappa shape index (κ2) is 9.76. The summed E-state index contributed by atoms with van der Waals surface area (Å²) in [5.41, 5.74) is 0. The van der Waals surface area contributed by atoms with Gasteiger partial charge in [0.2, 0.25) is 0 Å². The summed E-state index contributed by atoms with van der Waals surface area (Å²) in [6, 6.07) is 0. The number of hydrogen-bond donors (Lipinski definition) is 1. The molecular weight excluding hydrogens is 258 g/mol. The monoisotopic (exact) mass is 289 g/mol. The molecule has 0 aliphatic carbocycles. The molecule has 4 heteroatoms. The lowest BCUT2D eigenvalue weighted by atomic mass is 10.1. The van der Waals surface area contributed by atoms with Gasteiger partial charge >= 0.3 is 0 Å². The minimum Gasteiger partial charge on any atom is -0.316 e. The van der Waals surface area contributed by atoms with Gasteiger partial charge in [0.25, 0.3) is 0 Å². The summed E-state index contributed by atoms with van der Waals surface area (Å²) in [4.78, 5) is 0. The fraction of sp³-hybridized carbons (Fsp3) is 1.00. The van der Waals surface area contributed by atoms with Crippen molar-refractivity contribution in [2.24, 2.45) is 5.92 Å². The van der Waals surface area contributed by atoms with E-state index in [2.05, 4.69) is 12.2 Å². The first kappa shape index (κ1) is 17.0.